The topological polar surface area (TPSA) is 66.9 Å². The average molecular weight is 471 g/mol. The van der Waals surface area contributed by atoms with Gasteiger partial charge in [-0.1, -0.05) is 30.3 Å². The molecule has 178 valence electrons. The molecule has 6 nitrogen and oxygen atoms in total. The number of nitrogens with zero attached hydrogens (tertiary/aromatic N) is 2. The standard InChI is InChI=1S/C26H34N2O4S/c1-20-17-24(10-11-25(20)32-2)33(30,31)28-14-6-9-23(19-28)26(29)27-15-12-22(13-16-27)18-21-7-4-3-5-8-21/h3-5,7-8,10-11,17,22-23H,6,9,12-16,18-19H2,1-2H3/t23-/m0/s1. The van der Waals surface area contributed by atoms with Gasteiger partial charge in [-0.15, -0.1) is 0 Å². The smallest absolute Gasteiger partial charge is 0.243 e. The first-order valence-electron chi connectivity index (χ1n) is 11.9. The zero-order chi connectivity index (χ0) is 23.4. The van der Waals surface area contributed by atoms with Gasteiger partial charge in [0.05, 0.1) is 17.9 Å². The van der Waals surface area contributed by atoms with E-state index in [-0.39, 0.29) is 23.3 Å². The second kappa shape index (κ2) is 10.3. The van der Waals surface area contributed by atoms with E-state index in [1.165, 1.54) is 9.87 Å². The van der Waals surface area contributed by atoms with Crippen LogP contribution in [0.1, 0.15) is 36.8 Å². The van der Waals surface area contributed by atoms with Gasteiger partial charge in [-0.25, -0.2) is 8.42 Å². The second-order valence-corrected chi connectivity index (χ2v) is 11.2. The highest BCUT2D eigenvalue weighted by molar-refractivity contribution is 7.89. The monoisotopic (exact) mass is 470 g/mol. The van der Waals surface area contributed by atoms with Crippen molar-refractivity contribution < 1.29 is 17.9 Å². The Balaban J connectivity index is 1.36. The van der Waals surface area contributed by atoms with Crippen molar-refractivity contribution in [2.24, 2.45) is 11.8 Å². The van der Waals surface area contributed by atoms with E-state index in [2.05, 4.69) is 24.3 Å². The van der Waals surface area contributed by atoms with Crippen molar-refractivity contribution in [1.29, 1.82) is 0 Å². The first kappa shape index (κ1) is 23.8. The second-order valence-electron chi connectivity index (χ2n) is 9.29. The number of methoxy groups -OCH3 is 1. The third-order valence-electron chi connectivity index (χ3n) is 7.03. The molecular formula is C26H34N2O4S. The van der Waals surface area contributed by atoms with Crippen LogP contribution in [0.15, 0.2) is 53.4 Å². The van der Waals surface area contributed by atoms with E-state index >= 15 is 0 Å². The minimum absolute atomic E-state index is 0.110. The zero-order valence-corrected chi connectivity index (χ0v) is 20.4. The van der Waals surface area contributed by atoms with Gasteiger partial charge in [0.2, 0.25) is 15.9 Å². The maximum Gasteiger partial charge on any atom is 0.243 e. The molecule has 2 aliphatic rings. The molecule has 2 saturated heterocycles. The Morgan fingerprint density at radius 1 is 1.03 bits per heavy atom. The van der Waals surface area contributed by atoms with Crippen molar-refractivity contribution in [3.63, 3.8) is 0 Å². The molecule has 2 fully saturated rings. The number of likely N-dealkylation sites (tertiary alicyclic amines) is 1. The number of aryl methyl sites for hydroxylation is 1. The third kappa shape index (κ3) is 5.41. The lowest BCUT2D eigenvalue weighted by Gasteiger charge is -2.37. The van der Waals surface area contributed by atoms with Crippen LogP contribution in [0.25, 0.3) is 0 Å². The molecule has 0 unspecified atom stereocenters. The van der Waals surface area contributed by atoms with Gasteiger partial charge in [0.1, 0.15) is 5.75 Å². The summed E-state index contributed by atoms with van der Waals surface area (Å²) in [6.07, 6.45) is 4.51. The minimum Gasteiger partial charge on any atom is -0.496 e. The number of amides is 1. The number of rotatable bonds is 6. The van der Waals surface area contributed by atoms with Crippen LogP contribution in [0.5, 0.6) is 5.75 Å². The zero-order valence-electron chi connectivity index (χ0n) is 19.6. The molecule has 2 aromatic rings. The molecule has 0 radical (unpaired) electrons. The number of sulfonamides is 1. The molecule has 2 aromatic carbocycles. The van der Waals surface area contributed by atoms with E-state index in [0.717, 1.165) is 44.3 Å². The lowest BCUT2D eigenvalue weighted by atomic mass is 9.89. The highest BCUT2D eigenvalue weighted by atomic mass is 32.2. The summed E-state index contributed by atoms with van der Waals surface area (Å²) in [6.45, 7) is 4.07. The van der Waals surface area contributed by atoms with E-state index in [4.69, 9.17) is 4.74 Å². The van der Waals surface area contributed by atoms with Crippen LogP contribution < -0.4 is 4.74 Å². The van der Waals surface area contributed by atoms with Crippen LogP contribution in [0.3, 0.4) is 0 Å². The fourth-order valence-corrected chi connectivity index (χ4v) is 6.70. The normalized spacial score (nSPS) is 20.5. The molecule has 33 heavy (non-hydrogen) atoms. The van der Waals surface area contributed by atoms with Crippen molar-refractivity contribution in [3.05, 3.63) is 59.7 Å². The lowest BCUT2D eigenvalue weighted by Crippen LogP contribution is -2.48. The summed E-state index contributed by atoms with van der Waals surface area (Å²) >= 11 is 0. The van der Waals surface area contributed by atoms with E-state index in [1.54, 1.807) is 25.3 Å². The summed E-state index contributed by atoms with van der Waals surface area (Å²) < 4.78 is 33.3. The first-order chi connectivity index (χ1) is 15.9. The Labute approximate surface area is 197 Å². The van der Waals surface area contributed by atoms with Crippen LogP contribution in [0, 0.1) is 18.8 Å². The molecule has 2 aliphatic heterocycles. The Hall–Kier alpha value is -2.38. The summed E-state index contributed by atoms with van der Waals surface area (Å²) in [5.41, 5.74) is 2.13. The highest BCUT2D eigenvalue weighted by Crippen LogP contribution is 2.29. The number of piperidine rings is 2. The van der Waals surface area contributed by atoms with Gasteiger partial charge in [-0.05, 0) is 74.3 Å². The summed E-state index contributed by atoms with van der Waals surface area (Å²) in [6, 6.07) is 15.4. The van der Waals surface area contributed by atoms with Crippen molar-refractivity contribution >= 4 is 15.9 Å². The van der Waals surface area contributed by atoms with E-state index in [9.17, 15) is 13.2 Å². The number of hydrogen-bond acceptors (Lipinski definition) is 4. The van der Waals surface area contributed by atoms with Gasteiger partial charge in [0.15, 0.2) is 0 Å². The highest BCUT2D eigenvalue weighted by Gasteiger charge is 2.36. The number of benzene rings is 2. The van der Waals surface area contributed by atoms with Gasteiger partial charge in [-0.3, -0.25) is 4.79 Å². The quantitative estimate of drug-likeness (QED) is 0.643. The van der Waals surface area contributed by atoms with Gasteiger partial charge in [0.25, 0.3) is 0 Å². The summed E-state index contributed by atoms with van der Waals surface area (Å²) in [4.78, 5) is 15.5. The third-order valence-corrected chi connectivity index (χ3v) is 8.89. The van der Waals surface area contributed by atoms with Crippen molar-refractivity contribution in [2.45, 2.75) is 43.9 Å². The molecule has 0 saturated carbocycles. The SMILES string of the molecule is COc1ccc(S(=O)(=O)N2CCC[C@H](C(=O)N3CCC(Cc4ccccc4)CC3)C2)cc1C. The molecule has 0 aliphatic carbocycles. The Morgan fingerprint density at radius 3 is 2.42 bits per heavy atom. The molecule has 0 spiro atoms. The number of carbonyl (C=O) groups excluding carboxylic acids is 1. The fourth-order valence-electron chi connectivity index (χ4n) is 5.09. The summed E-state index contributed by atoms with van der Waals surface area (Å²) in [5.74, 6) is 1.10. The molecular weight excluding hydrogens is 436 g/mol. The van der Waals surface area contributed by atoms with Gasteiger partial charge >= 0.3 is 0 Å². The van der Waals surface area contributed by atoms with E-state index in [0.29, 0.717) is 24.6 Å². The number of hydrogen-bond donors (Lipinski definition) is 0. The number of ether oxygens (including phenoxy) is 1. The summed E-state index contributed by atoms with van der Waals surface area (Å²) in [5, 5.41) is 0. The van der Waals surface area contributed by atoms with E-state index in [1.807, 2.05) is 17.9 Å². The van der Waals surface area contributed by atoms with Crippen LogP contribution in [0.4, 0.5) is 0 Å². The van der Waals surface area contributed by atoms with Crippen LogP contribution in [-0.4, -0.2) is 56.8 Å². The maximum absolute atomic E-state index is 13.3. The molecule has 0 bridgehead atoms. The molecule has 1 atom stereocenters. The molecule has 1 amide bonds. The lowest BCUT2D eigenvalue weighted by molar-refractivity contribution is -0.138. The van der Waals surface area contributed by atoms with Gasteiger partial charge < -0.3 is 9.64 Å². The van der Waals surface area contributed by atoms with E-state index < -0.39 is 10.0 Å². The first-order valence-corrected chi connectivity index (χ1v) is 13.3. The van der Waals surface area contributed by atoms with Crippen LogP contribution in [-0.2, 0) is 21.2 Å². The predicted molar refractivity (Wildman–Crippen MR) is 129 cm³/mol. The molecule has 7 heteroatoms. The van der Waals surface area contributed by atoms with Gasteiger partial charge in [-0.2, -0.15) is 4.31 Å². The average Bonchev–Trinajstić information content (AvgIpc) is 2.84. The fraction of sp³-hybridized carbons (Fsp3) is 0.500. The maximum atomic E-state index is 13.3. The van der Waals surface area contributed by atoms with Crippen LogP contribution >= 0.6 is 0 Å². The van der Waals surface area contributed by atoms with Gasteiger partial charge in [0, 0.05) is 26.2 Å². The van der Waals surface area contributed by atoms with Crippen molar-refractivity contribution in [3.8, 4) is 5.75 Å². The Bertz CT molecular complexity index is 1060. The Kier molecular flexibility index (Phi) is 7.39. The van der Waals surface area contributed by atoms with Crippen molar-refractivity contribution in [2.75, 3.05) is 33.3 Å². The van der Waals surface area contributed by atoms with Crippen LogP contribution in [0.2, 0.25) is 0 Å². The largest absolute Gasteiger partial charge is 0.496 e. The molecule has 0 aromatic heterocycles. The Morgan fingerprint density at radius 2 is 1.76 bits per heavy atom. The summed E-state index contributed by atoms with van der Waals surface area (Å²) in [7, 11) is -2.07. The van der Waals surface area contributed by atoms with Crippen molar-refractivity contribution in [1.82, 2.24) is 9.21 Å². The molecule has 2 heterocycles. The molecule has 4 rings (SSSR count). The molecule has 0 N–H and O–H groups in total. The predicted octanol–water partition coefficient (Wildman–Crippen LogP) is 3.89. The minimum atomic E-state index is -3.64. The number of carbonyl (C=O) groups is 1.